The van der Waals surface area contributed by atoms with Crippen molar-refractivity contribution >= 4 is 30.7 Å². The van der Waals surface area contributed by atoms with Crippen molar-refractivity contribution in [2.24, 2.45) is 0 Å². The van der Waals surface area contributed by atoms with E-state index >= 15 is 0 Å². The van der Waals surface area contributed by atoms with Crippen LogP contribution in [-0.2, 0) is 22.2 Å². The Labute approximate surface area is 134 Å². The van der Waals surface area contributed by atoms with Crippen molar-refractivity contribution in [3.63, 3.8) is 0 Å². The van der Waals surface area contributed by atoms with E-state index in [0.717, 1.165) is 18.5 Å². The summed E-state index contributed by atoms with van der Waals surface area (Å²) in [6.07, 6.45) is 4.61. The van der Waals surface area contributed by atoms with Crippen LogP contribution >= 0.6 is 12.4 Å². The minimum absolute atomic E-state index is 0. The third kappa shape index (κ3) is 2.69. The average molecular weight is 310 g/mol. The average Bonchev–Trinajstić information content (AvgIpc) is 2.59. The van der Waals surface area contributed by atoms with E-state index < -0.39 is 0 Å². The number of halogens is 1. The molecule has 0 aromatic heterocycles. The predicted molar refractivity (Wildman–Crippen MR) is 90.5 cm³/mol. The minimum Gasteiger partial charge on any atom is -0.399 e. The molecule has 2 N–H and O–H groups in total. The molecule has 116 valence electrons. The molecule has 1 aliphatic carbocycles. The van der Waals surface area contributed by atoms with Crippen LogP contribution in [0.15, 0.2) is 12.1 Å². The number of nitrogens with two attached hydrogens (primary N) is 1. The van der Waals surface area contributed by atoms with Crippen molar-refractivity contribution in [3.05, 3.63) is 23.3 Å². The van der Waals surface area contributed by atoms with Crippen molar-refractivity contribution in [2.75, 3.05) is 5.73 Å². The van der Waals surface area contributed by atoms with Crippen LogP contribution in [0.2, 0.25) is 0 Å². The first-order chi connectivity index (χ1) is 9.32. The van der Waals surface area contributed by atoms with E-state index in [4.69, 9.17) is 15.0 Å². The maximum absolute atomic E-state index is 6.19. The van der Waals surface area contributed by atoms with Gasteiger partial charge in [0.1, 0.15) is 0 Å². The molecule has 5 heteroatoms. The molecular formula is C16H25BClNO2. The summed E-state index contributed by atoms with van der Waals surface area (Å²) in [6, 6.07) is 4.09. The number of anilines is 1. The molecule has 0 spiro atoms. The summed E-state index contributed by atoms with van der Waals surface area (Å²) in [5.41, 5.74) is 10.3. The molecule has 21 heavy (non-hydrogen) atoms. The summed E-state index contributed by atoms with van der Waals surface area (Å²) < 4.78 is 12.4. The fourth-order valence-electron chi connectivity index (χ4n) is 3.11. The molecule has 3 nitrogen and oxygen atoms in total. The highest BCUT2D eigenvalue weighted by molar-refractivity contribution is 6.62. The van der Waals surface area contributed by atoms with Crippen LogP contribution < -0.4 is 11.2 Å². The van der Waals surface area contributed by atoms with E-state index in [0.29, 0.717) is 0 Å². The first kappa shape index (κ1) is 16.7. The Morgan fingerprint density at radius 1 is 0.952 bits per heavy atom. The monoisotopic (exact) mass is 309 g/mol. The second-order valence-electron chi connectivity index (χ2n) is 7.00. The van der Waals surface area contributed by atoms with Crippen molar-refractivity contribution in [3.8, 4) is 0 Å². The standard InChI is InChI=1S/C16H24BNO2.ClH/c1-15(2)16(3,4)20-17(19-15)13-9-10-14(18)12-8-6-5-7-11(12)13;/h9-10H,5-8,18H2,1-4H3;1H. The minimum atomic E-state index is -0.291. The van der Waals surface area contributed by atoms with Gasteiger partial charge in [-0.2, -0.15) is 0 Å². The Balaban J connectivity index is 0.00000161. The summed E-state index contributed by atoms with van der Waals surface area (Å²) in [6.45, 7) is 8.38. The van der Waals surface area contributed by atoms with Crippen LogP contribution in [0.5, 0.6) is 0 Å². The third-order valence-electron chi connectivity index (χ3n) is 5.11. The highest BCUT2D eigenvalue weighted by atomic mass is 35.5. The highest BCUT2D eigenvalue weighted by Crippen LogP contribution is 2.37. The van der Waals surface area contributed by atoms with Crippen molar-refractivity contribution in [1.29, 1.82) is 0 Å². The first-order valence-electron chi connectivity index (χ1n) is 7.57. The van der Waals surface area contributed by atoms with E-state index in [-0.39, 0.29) is 30.7 Å². The lowest BCUT2D eigenvalue weighted by Crippen LogP contribution is -2.41. The molecule has 1 aromatic carbocycles. The lowest BCUT2D eigenvalue weighted by Gasteiger charge is -2.32. The number of hydrogen-bond donors (Lipinski definition) is 1. The second kappa shape index (κ2) is 5.49. The van der Waals surface area contributed by atoms with Crippen molar-refractivity contribution < 1.29 is 9.31 Å². The normalized spacial score (nSPS) is 22.6. The van der Waals surface area contributed by atoms with Crippen LogP contribution in [0.3, 0.4) is 0 Å². The fourth-order valence-corrected chi connectivity index (χ4v) is 3.11. The van der Waals surface area contributed by atoms with Crippen LogP contribution in [0.25, 0.3) is 0 Å². The van der Waals surface area contributed by atoms with Gasteiger partial charge in [0.05, 0.1) is 11.2 Å². The van der Waals surface area contributed by atoms with Gasteiger partial charge in [0.15, 0.2) is 0 Å². The maximum Gasteiger partial charge on any atom is 0.495 e. The molecular weight excluding hydrogens is 284 g/mol. The van der Waals surface area contributed by atoms with Gasteiger partial charge in [-0.25, -0.2) is 0 Å². The summed E-state index contributed by atoms with van der Waals surface area (Å²) >= 11 is 0. The number of hydrogen-bond acceptors (Lipinski definition) is 3. The molecule has 0 saturated carbocycles. The molecule has 3 rings (SSSR count). The zero-order valence-electron chi connectivity index (χ0n) is 13.4. The number of benzene rings is 1. The highest BCUT2D eigenvalue weighted by Gasteiger charge is 2.52. The largest absolute Gasteiger partial charge is 0.495 e. The second-order valence-corrected chi connectivity index (χ2v) is 7.00. The predicted octanol–water partition coefficient (Wildman–Crippen LogP) is 2.87. The molecule has 1 fully saturated rings. The summed E-state index contributed by atoms with van der Waals surface area (Å²) in [5.74, 6) is 0. The lowest BCUT2D eigenvalue weighted by atomic mass is 9.71. The van der Waals surface area contributed by atoms with Gasteiger partial charge in [0.25, 0.3) is 0 Å². The smallest absolute Gasteiger partial charge is 0.399 e. The first-order valence-corrected chi connectivity index (χ1v) is 7.57. The van der Waals surface area contributed by atoms with E-state index in [9.17, 15) is 0 Å². The zero-order valence-corrected chi connectivity index (χ0v) is 14.2. The van der Waals surface area contributed by atoms with Gasteiger partial charge in [0.2, 0.25) is 0 Å². The van der Waals surface area contributed by atoms with E-state index in [2.05, 4.69) is 33.8 Å². The van der Waals surface area contributed by atoms with Gasteiger partial charge in [-0.05, 0) is 76.0 Å². The Bertz CT molecular complexity index is 529. The summed E-state index contributed by atoms with van der Waals surface area (Å²) in [7, 11) is -0.271. The maximum atomic E-state index is 6.19. The molecule has 0 unspecified atom stereocenters. The fraction of sp³-hybridized carbons (Fsp3) is 0.625. The van der Waals surface area contributed by atoms with Crippen LogP contribution in [0.4, 0.5) is 5.69 Å². The van der Waals surface area contributed by atoms with Crippen LogP contribution in [-0.4, -0.2) is 18.3 Å². The summed E-state index contributed by atoms with van der Waals surface area (Å²) in [4.78, 5) is 0. The topological polar surface area (TPSA) is 44.5 Å². The zero-order chi connectivity index (χ0) is 14.5. The molecule has 1 aliphatic heterocycles. The SMILES string of the molecule is CC1(C)OB(c2ccc(N)c3c2CCCC3)OC1(C)C.Cl. The van der Waals surface area contributed by atoms with Gasteiger partial charge < -0.3 is 15.0 Å². The van der Waals surface area contributed by atoms with Crippen molar-refractivity contribution in [2.45, 2.75) is 64.6 Å². The van der Waals surface area contributed by atoms with Gasteiger partial charge >= 0.3 is 7.12 Å². The number of fused-ring (bicyclic) bond motifs is 1. The van der Waals surface area contributed by atoms with Gasteiger partial charge in [0, 0.05) is 5.69 Å². The lowest BCUT2D eigenvalue weighted by molar-refractivity contribution is 0.00578. The van der Waals surface area contributed by atoms with Gasteiger partial charge in [-0.15, -0.1) is 12.4 Å². The molecule has 0 radical (unpaired) electrons. The quantitative estimate of drug-likeness (QED) is 0.641. The molecule has 0 bridgehead atoms. The van der Waals surface area contributed by atoms with Crippen molar-refractivity contribution in [1.82, 2.24) is 0 Å². The van der Waals surface area contributed by atoms with E-state index in [1.54, 1.807) is 0 Å². The van der Waals surface area contributed by atoms with Gasteiger partial charge in [-0.1, -0.05) is 6.07 Å². The summed E-state index contributed by atoms with van der Waals surface area (Å²) in [5, 5.41) is 0. The van der Waals surface area contributed by atoms with E-state index in [1.165, 1.54) is 29.4 Å². The van der Waals surface area contributed by atoms with Gasteiger partial charge in [-0.3, -0.25) is 0 Å². The molecule has 0 atom stereocenters. The van der Waals surface area contributed by atoms with Crippen LogP contribution in [0, 0.1) is 0 Å². The molecule has 1 saturated heterocycles. The van der Waals surface area contributed by atoms with E-state index in [1.807, 2.05) is 6.07 Å². The molecule has 0 amide bonds. The molecule has 2 aliphatic rings. The molecule has 1 aromatic rings. The van der Waals surface area contributed by atoms with Crippen LogP contribution in [0.1, 0.15) is 51.7 Å². The number of rotatable bonds is 1. The Hall–Kier alpha value is -0.705. The Morgan fingerprint density at radius 3 is 2.05 bits per heavy atom. The third-order valence-corrected chi connectivity index (χ3v) is 5.11. The molecule has 1 heterocycles. The Morgan fingerprint density at radius 2 is 1.48 bits per heavy atom. The Kier molecular flexibility index (Phi) is 4.36. The number of nitrogen functional groups attached to an aromatic ring is 1.